The molecule has 0 rings (SSSR count). The van der Waals surface area contributed by atoms with Crippen molar-refractivity contribution in [2.75, 3.05) is 0 Å². The topological polar surface area (TPSA) is 0 Å². The summed E-state index contributed by atoms with van der Waals surface area (Å²) in [6, 6.07) is 0. The summed E-state index contributed by atoms with van der Waals surface area (Å²) in [4.78, 5) is 0. The van der Waals surface area contributed by atoms with Crippen LogP contribution in [0.2, 0.25) is 12.1 Å². The van der Waals surface area contributed by atoms with E-state index in [1.165, 1.54) is 6.42 Å². The van der Waals surface area contributed by atoms with Crippen LogP contribution in [-0.4, -0.2) is 9.52 Å². The van der Waals surface area contributed by atoms with E-state index in [-0.39, 0.29) is 0 Å². The number of hydrogen-bond donors (Lipinski definition) is 0. The summed E-state index contributed by atoms with van der Waals surface area (Å²) in [6.07, 6.45) is 1.37. The first-order valence-corrected chi connectivity index (χ1v) is 4.42. The smallest absolute Gasteiger partial charge is 0.0277 e. The van der Waals surface area contributed by atoms with Gasteiger partial charge in [0.25, 0.3) is 0 Å². The molecule has 0 aliphatic rings. The molecule has 1 heteroatoms. The highest BCUT2D eigenvalue weighted by Crippen LogP contribution is 2.03. The van der Waals surface area contributed by atoms with Gasteiger partial charge in [-0.2, -0.15) is 0 Å². The van der Waals surface area contributed by atoms with E-state index in [2.05, 4.69) is 20.4 Å². The maximum atomic E-state index is 2.31. The Morgan fingerprint density at radius 3 is 2.17 bits per heavy atom. The van der Waals surface area contributed by atoms with Gasteiger partial charge >= 0.3 is 0 Å². The normalized spacial score (nSPS) is 14.5. The zero-order valence-electron chi connectivity index (χ0n) is 4.86. The first-order chi connectivity index (χ1) is 2.81. The van der Waals surface area contributed by atoms with Crippen molar-refractivity contribution in [3.8, 4) is 0 Å². The Hall–Kier alpha value is 0.217. The molecule has 37 valence electrons. The van der Waals surface area contributed by atoms with E-state index in [4.69, 9.17) is 0 Å². The summed E-state index contributed by atoms with van der Waals surface area (Å²) in [5.41, 5.74) is 1.02. The van der Waals surface area contributed by atoms with E-state index < -0.39 is 0 Å². The minimum absolute atomic E-state index is 0.735. The fourth-order valence-electron chi connectivity index (χ4n) is 0.236. The Morgan fingerprint density at radius 1 is 1.67 bits per heavy atom. The maximum absolute atomic E-state index is 2.31. The number of rotatable bonds is 2. The van der Waals surface area contributed by atoms with Crippen LogP contribution in [-0.2, 0) is 0 Å². The molecular formula is C5H13Si. The van der Waals surface area contributed by atoms with Crippen molar-refractivity contribution in [1.29, 1.82) is 0 Å². The van der Waals surface area contributed by atoms with Gasteiger partial charge in [0, 0.05) is 9.52 Å². The monoisotopic (exact) mass is 101 g/mol. The van der Waals surface area contributed by atoms with Crippen molar-refractivity contribution < 1.29 is 0 Å². The summed E-state index contributed by atoms with van der Waals surface area (Å²) in [7, 11) is 0.735. The van der Waals surface area contributed by atoms with E-state index in [9.17, 15) is 0 Å². The second kappa shape index (κ2) is 3.41. The lowest BCUT2D eigenvalue weighted by Gasteiger charge is -1.97. The third kappa shape index (κ3) is 2.45. The molecule has 0 spiro atoms. The third-order valence-electron chi connectivity index (χ3n) is 1.21. The third-order valence-corrected chi connectivity index (χ3v) is 2.82. The Balaban J connectivity index is 2.75. The average molecular weight is 101 g/mol. The Kier molecular flexibility index (Phi) is 3.53. The molecule has 1 unspecified atom stereocenters. The van der Waals surface area contributed by atoms with Gasteiger partial charge in [0.15, 0.2) is 0 Å². The Bertz CT molecular complexity index is 23.1. The SMILES string of the molecule is CCC(C)[SiH]C. The van der Waals surface area contributed by atoms with Crippen LogP contribution in [0.25, 0.3) is 0 Å². The molecule has 0 amide bonds. The minimum Gasteiger partial charge on any atom is -0.0739 e. The largest absolute Gasteiger partial charge is 0.0739 e. The predicted octanol–water partition coefficient (Wildman–Crippen LogP) is 1.69. The van der Waals surface area contributed by atoms with Gasteiger partial charge in [-0.3, -0.25) is 0 Å². The molecule has 0 saturated carbocycles. The molecule has 0 aromatic rings. The summed E-state index contributed by atoms with van der Waals surface area (Å²) in [5.74, 6) is 0. The highest BCUT2D eigenvalue weighted by Gasteiger charge is 1.89. The quantitative estimate of drug-likeness (QED) is 0.464. The van der Waals surface area contributed by atoms with Gasteiger partial charge in [0.05, 0.1) is 0 Å². The molecule has 0 N–H and O–H groups in total. The fourth-order valence-corrected chi connectivity index (χ4v) is 0.707. The number of hydrogen-bond acceptors (Lipinski definition) is 0. The van der Waals surface area contributed by atoms with Crippen molar-refractivity contribution >= 4 is 9.52 Å². The van der Waals surface area contributed by atoms with Gasteiger partial charge in [0.2, 0.25) is 0 Å². The average Bonchev–Trinajstić information content (AvgIpc) is 1.65. The molecule has 0 bridgehead atoms. The summed E-state index contributed by atoms with van der Waals surface area (Å²) < 4.78 is 0. The van der Waals surface area contributed by atoms with Gasteiger partial charge in [-0.1, -0.05) is 32.4 Å². The van der Waals surface area contributed by atoms with Crippen LogP contribution >= 0.6 is 0 Å². The molecule has 0 aromatic heterocycles. The fraction of sp³-hybridized carbons (Fsp3) is 1.00. The van der Waals surface area contributed by atoms with Crippen molar-refractivity contribution in [2.24, 2.45) is 0 Å². The van der Waals surface area contributed by atoms with Crippen molar-refractivity contribution in [2.45, 2.75) is 32.4 Å². The summed E-state index contributed by atoms with van der Waals surface area (Å²) in [5, 5.41) is 0. The molecule has 0 aliphatic carbocycles. The molecule has 1 radical (unpaired) electrons. The molecule has 0 nitrogen and oxygen atoms in total. The van der Waals surface area contributed by atoms with Crippen molar-refractivity contribution in [3.63, 3.8) is 0 Å². The van der Waals surface area contributed by atoms with E-state index in [1.807, 2.05) is 0 Å². The zero-order valence-corrected chi connectivity index (χ0v) is 6.02. The molecule has 0 heterocycles. The van der Waals surface area contributed by atoms with Crippen molar-refractivity contribution in [3.05, 3.63) is 0 Å². The lowest BCUT2D eigenvalue weighted by atomic mass is 10.4. The highest BCUT2D eigenvalue weighted by molar-refractivity contribution is 6.35. The molecule has 0 aliphatic heterocycles. The van der Waals surface area contributed by atoms with Crippen LogP contribution in [0.3, 0.4) is 0 Å². The second-order valence-electron chi connectivity index (χ2n) is 1.72. The zero-order chi connectivity index (χ0) is 4.99. The second-order valence-corrected chi connectivity index (χ2v) is 3.52. The van der Waals surface area contributed by atoms with Gasteiger partial charge in [-0.15, -0.1) is 0 Å². The summed E-state index contributed by atoms with van der Waals surface area (Å²) in [6.45, 7) is 6.88. The van der Waals surface area contributed by atoms with E-state index in [0.717, 1.165) is 15.1 Å². The molecule has 0 fully saturated rings. The molecule has 1 atom stereocenters. The van der Waals surface area contributed by atoms with E-state index >= 15 is 0 Å². The standard InChI is InChI=1S/C5H13Si/c1-4-5(2)6-3/h5-6H,4H2,1-3H3. The van der Waals surface area contributed by atoms with Crippen LogP contribution in [0.5, 0.6) is 0 Å². The lowest BCUT2D eigenvalue weighted by molar-refractivity contribution is 0.871. The Morgan fingerprint density at radius 2 is 2.17 bits per heavy atom. The molecular weight excluding hydrogens is 88.1 g/mol. The molecule has 0 aromatic carbocycles. The molecule has 0 saturated heterocycles. The highest BCUT2D eigenvalue weighted by atomic mass is 28.2. The van der Waals surface area contributed by atoms with Gasteiger partial charge in [-0.25, -0.2) is 0 Å². The van der Waals surface area contributed by atoms with Crippen LogP contribution in [0, 0.1) is 0 Å². The van der Waals surface area contributed by atoms with Crippen molar-refractivity contribution in [1.82, 2.24) is 0 Å². The van der Waals surface area contributed by atoms with E-state index in [0.29, 0.717) is 0 Å². The maximum Gasteiger partial charge on any atom is 0.0277 e. The Labute approximate surface area is 42.8 Å². The predicted molar refractivity (Wildman–Crippen MR) is 32.7 cm³/mol. The van der Waals surface area contributed by atoms with Crippen LogP contribution in [0.1, 0.15) is 20.3 Å². The van der Waals surface area contributed by atoms with Crippen LogP contribution < -0.4 is 0 Å². The van der Waals surface area contributed by atoms with Crippen LogP contribution in [0.4, 0.5) is 0 Å². The first-order valence-electron chi connectivity index (χ1n) is 2.60. The molecule has 6 heavy (non-hydrogen) atoms. The summed E-state index contributed by atoms with van der Waals surface area (Å²) >= 11 is 0. The van der Waals surface area contributed by atoms with Gasteiger partial charge in [-0.05, 0) is 0 Å². The van der Waals surface area contributed by atoms with E-state index in [1.54, 1.807) is 0 Å². The minimum atomic E-state index is 0.735. The first kappa shape index (κ1) is 6.22. The lowest BCUT2D eigenvalue weighted by Crippen LogP contribution is -1.89. The van der Waals surface area contributed by atoms with Gasteiger partial charge < -0.3 is 0 Å². The van der Waals surface area contributed by atoms with Gasteiger partial charge in [0.1, 0.15) is 0 Å². The van der Waals surface area contributed by atoms with Crippen LogP contribution in [0.15, 0.2) is 0 Å².